The summed E-state index contributed by atoms with van der Waals surface area (Å²) in [5, 5.41) is 7.25. The van der Waals surface area contributed by atoms with E-state index in [1.54, 1.807) is 7.11 Å². The van der Waals surface area contributed by atoms with Crippen molar-refractivity contribution in [3.05, 3.63) is 64.9 Å². The second-order valence-electron chi connectivity index (χ2n) is 5.65. The van der Waals surface area contributed by atoms with E-state index in [2.05, 4.69) is 20.6 Å². The maximum absolute atomic E-state index is 5.92. The highest BCUT2D eigenvalue weighted by Crippen LogP contribution is 2.29. The summed E-state index contributed by atoms with van der Waals surface area (Å²) in [4.78, 5) is 8.88. The summed E-state index contributed by atoms with van der Waals surface area (Å²) in [5.74, 6) is 2.80. The monoisotopic (exact) mass is 354 g/mol. The number of halogens is 1. The van der Waals surface area contributed by atoms with Crippen LogP contribution in [0.25, 0.3) is 0 Å². The summed E-state index contributed by atoms with van der Waals surface area (Å²) in [5.41, 5.74) is 2.90. The highest BCUT2D eigenvalue weighted by atomic mass is 35.5. The standard InChI is InChI=1S/C19H19ClN4O/c1-12-4-9-17(25-3)16(10-12)24-19-11-18(21-13(2)22-19)23-15-7-5-14(20)6-8-15/h4-11H,1-3H3,(H2,21,22,23,24). The molecule has 1 aromatic heterocycles. The molecule has 2 aromatic carbocycles. The lowest BCUT2D eigenvalue weighted by Crippen LogP contribution is -2.02. The highest BCUT2D eigenvalue weighted by Gasteiger charge is 2.07. The van der Waals surface area contributed by atoms with E-state index in [9.17, 15) is 0 Å². The second-order valence-corrected chi connectivity index (χ2v) is 6.08. The third-order valence-corrected chi connectivity index (χ3v) is 3.82. The van der Waals surface area contributed by atoms with E-state index in [1.165, 1.54) is 0 Å². The molecular formula is C19H19ClN4O. The van der Waals surface area contributed by atoms with Gasteiger partial charge in [-0.05, 0) is 55.8 Å². The number of benzene rings is 2. The zero-order valence-electron chi connectivity index (χ0n) is 14.3. The first-order valence-corrected chi connectivity index (χ1v) is 8.21. The minimum atomic E-state index is 0.660. The quantitative estimate of drug-likeness (QED) is 0.656. The van der Waals surface area contributed by atoms with Gasteiger partial charge in [0.1, 0.15) is 23.2 Å². The molecule has 0 spiro atoms. The molecule has 0 radical (unpaired) electrons. The molecule has 0 bridgehead atoms. The van der Waals surface area contributed by atoms with Gasteiger partial charge in [-0.25, -0.2) is 9.97 Å². The maximum Gasteiger partial charge on any atom is 0.142 e. The Morgan fingerprint density at radius 3 is 2.24 bits per heavy atom. The molecule has 0 unspecified atom stereocenters. The van der Waals surface area contributed by atoms with Crippen LogP contribution in [0, 0.1) is 13.8 Å². The number of ether oxygens (including phenoxy) is 1. The smallest absolute Gasteiger partial charge is 0.142 e. The van der Waals surface area contributed by atoms with Gasteiger partial charge in [0.25, 0.3) is 0 Å². The number of hydrogen-bond donors (Lipinski definition) is 2. The van der Waals surface area contributed by atoms with Crippen LogP contribution in [-0.2, 0) is 0 Å². The Morgan fingerprint density at radius 2 is 1.56 bits per heavy atom. The van der Waals surface area contributed by atoms with Crippen LogP contribution in [0.1, 0.15) is 11.4 Å². The van der Waals surface area contributed by atoms with Crippen LogP contribution < -0.4 is 15.4 Å². The Bertz CT molecular complexity index is 881. The number of aromatic nitrogens is 2. The number of nitrogens with one attached hydrogen (secondary N) is 2. The first-order chi connectivity index (χ1) is 12.0. The Labute approximate surface area is 152 Å². The number of hydrogen-bond acceptors (Lipinski definition) is 5. The topological polar surface area (TPSA) is 59.1 Å². The second kappa shape index (κ2) is 7.40. The van der Waals surface area contributed by atoms with E-state index >= 15 is 0 Å². The van der Waals surface area contributed by atoms with Crippen LogP contribution in [0.4, 0.5) is 23.0 Å². The van der Waals surface area contributed by atoms with Crippen LogP contribution in [0.2, 0.25) is 5.02 Å². The molecule has 6 heteroatoms. The lowest BCUT2D eigenvalue weighted by Gasteiger charge is -2.13. The van der Waals surface area contributed by atoms with Crippen LogP contribution in [-0.4, -0.2) is 17.1 Å². The molecular weight excluding hydrogens is 336 g/mol. The van der Waals surface area contributed by atoms with Gasteiger partial charge in [-0.3, -0.25) is 0 Å². The van der Waals surface area contributed by atoms with Crippen LogP contribution in [0.15, 0.2) is 48.5 Å². The third kappa shape index (κ3) is 4.39. The predicted molar refractivity (Wildman–Crippen MR) is 103 cm³/mol. The fourth-order valence-corrected chi connectivity index (χ4v) is 2.56. The molecule has 0 saturated carbocycles. The summed E-state index contributed by atoms with van der Waals surface area (Å²) < 4.78 is 5.41. The van der Waals surface area contributed by atoms with E-state index in [0.29, 0.717) is 22.5 Å². The number of nitrogens with zero attached hydrogens (tertiary/aromatic N) is 2. The van der Waals surface area contributed by atoms with Gasteiger partial charge in [0.15, 0.2) is 0 Å². The third-order valence-electron chi connectivity index (χ3n) is 3.57. The number of aryl methyl sites for hydroxylation is 2. The van der Waals surface area contributed by atoms with Crippen LogP contribution in [0.3, 0.4) is 0 Å². The van der Waals surface area contributed by atoms with Gasteiger partial charge < -0.3 is 15.4 Å². The van der Waals surface area contributed by atoms with Gasteiger partial charge in [0.2, 0.25) is 0 Å². The molecule has 0 aliphatic heterocycles. The Kier molecular flexibility index (Phi) is 5.05. The van der Waals surface area contributed by atoms with Gasteiger partial charge in [-0.2, -0.15) is 0 Å². The molecule has 128 valence electrons. The van der Waals surface area contributed by atoms with E-state index < -0.39 is 0 Å². The van der Waals surface area contributed by atoms with Gasteiger partial charge in [0, 0.05) is 16.8 Å². The number of rotatable bonds is 5. The summed E-state index contributed by atoms with van der Waals surface area (Å²) in [6.07, 6.45) is 0. The van der Waals surface area contributed by atoms with Crippen molar-refractivity contribution in [1.29, 1.82) is 0 Å². The molecule has 0 amide bonds. The lowest BCUT2D eigenvalue weighted by atomic mass is 10.2. The Morgan fingerprint density at radius 1 is 0.880 bits per heavy atom. The van der Waals surface area contributed by atoms with E-state index in [0.717, 1.165) is 22.7 Å². The lowest BCUT2D eigenvalue weighted by molar-refractivity contribution is 0.416. The van der Waals surface area contributed by atoms with Gasteiger partial charge >= 0.3 is 0 Å². The molecule has 3 rings (SSSR count). The zero-order valence-corrected chi connectivity index (χ0v) is 15.1. The SMILES string of the molecule is COc1ccc(C)cc1Nc1cc(Nc2ccc(Cl)cc2)nc(C)n1. The summed E-state index contributed by atoms with van der Waals surface area (Å²) in [6, 6.07) is 15.3. The Balaban J connectivity index is 1.87. The van der Waals surface area contributed by atoms with E-state index in [4.69, 9.17) is 16.3 Å². The molecule has 2 N–H and O–H groups in total. The van der Waals surface area contributed by atoms with Crippen molar-refractivity contribution in [2.24, 2.45) is 0 Å². The summed E-state index contributed by atoms with van der Waals surface area (Å²) in [7, 11) is 1.65. The minimum Gasteiger partial charge on any atom is -0.495 e. The van der Waals surface area contributed by atoms with Crippen LogP contribution >= 0.6 is 11.6 Å². The van der Waals surface area contributed by atoms with E-state index in [1.807, 2.05) is 62.4 Å². The van der Waals surface area contributed by atoms with Crippen molar-refractivity contribution in [2.45, 2.75) is 13.8 Å². The molecule has 5 nitrogen and oxygen atoms in total. The molecule has 3 aromatic rings. The average molecular weight is 355 g/mol. The minimum absolute atomic E-state index is 0.660. The first-order valence-electron chi connectivity index (χ1n) is 7.83. The first kappa shape index (κ1) is 17.0. The summed E-state index contributed by atoms with van der Waals surface area (Å²) >= 11 is 5.92. The molecule has 0 aliphatic carbocycles. The van der Waals surface area contributed by atoms with Crippen molar-refractivity contribution >= 4 is 34.6 Å². The van der Waals surface area contributed by atoms with Crippen LogP contribution in [0.5, 0.6) is 5.75 Å². The highest BCUT2D eigenvalue weighted by molar-refractivity contribution is 6.30. The molecule has 0 aliphatic rings. The zero-order chi connectivity index (χ0) is 17.8. The molecule has 25 heavy (non-hydrogen) atoms. The predicted octanol–water partition coefficient (Wildman–Crippen LogP) is 5.24. The normalized spacial score (nSPS) is 10.4. The summed E-state index contributed by atoms with van der Waals surface area (Å²) in [6.45, 7) is 3.88. The maximum atomic E-state index is 5.92. The number of methoxy groups -OCH3 is 1. The van der Waals surface area contributed by atoms with Crippen molar-refractivity contribution in [2.75, 3.05) is 17.7 Å². The van der Waals surface area contributed by atoms with Crippen molar-refractivity contribution in [1.82, 2.24) is 9.97 Å². The average Bonchev–Trinajstić information content (AvgIpc) is 2.57. The molecule has 0 fully saturated rings. The Hall–Kier alpha value is -2.79. The van der Waals surface area contributed by atoms with E-state index in [-0.39, 0.29) is 0 Å². The van der Waals surface area contributed by atoms with Gasteiger partial charge in [-0.15, -0.1) is 0 Å². The van der Waals surface area contributed by atoms with Crippen molar-refractivity contribution < 1.29 is 4.74 Å². The van der Waals surface area contributed by atoms with Gasteiger partial charge in [-0.1, -0.05) is 17.7 Å². The molecule has 0 saturated heterocycles. The molecule has 0 atom stereocenters. The molecule has 1 heterocycles. The van der Waals surface area contributed by atoms with Crippen molar-refractivity contribution in [3.63, 3.8) is 0 Å². The number of anilines is 4. The fraction of sp³-hybridized carbons (Fsp3) is 0.158. The largest absolute Gasteiger partial charge is 0.495 e. The van der Waals surface area contributed by atoms with Gasteiger partial charge in [0.05, 0.1) is 12.8 Å². The fourth-order valence-electron chi connectivity index (χ4n) is 2.43. The van der Waals surface area contributed by atoms with Crippen molar-refractivity contribution in [3.8, 4) is 5.75 Å².